The van der Waals surface area contributed by atoms with Gasteiger partial charge in [0.15, 0.2) is 0 Å². The van der Waals surface area contributed by atoms with Gasteiger partial charge in [-0.3, -0.25) is 4.79 Å². The Morgan fingerprint density at radius 1 is 1.45 bits per heavy atom. The zero-order chi connectivity index (χ0) is 14.5. The Balaban J connectivity index is 2.17. The number of amides is 1. The van der Waals surface area contributed by atoms with Crippen LogP contribution in [0.15, 0.2) is 40.0 Å². The zero-order valence-electron chi connectivity index (χ0n) is 10.4. The van der Waals surface area contributed by atoms with Gasteiger partial charge in [0.1, 0.15) is 11.5 Å². The van der Waals surface area contributed by atoms with Gasteiger partial charge < -0.3 is 9.15 Å². The van der Waals surface area contributed by atoms with Crippen LogP contribution in [0.5, 0.6) is 5.75 Å². The third-order valence-electron chi connectivity index (χ3n) is 2.36. The van der Waals surface area contributed by atoms with E-state index in [2.05, 4.69) is 10.5 Å². The minimum absolute atomic E-state index is 0.196. The van der Waals surface area contributed by atoms with Crippen molar-refractivity contribution < 1.29 is 13.9 Å². The third kappa shape index (κ3) is 3.31. The summed E-state index contributed by atoms with van der Waals surface area (Å²) in [5.41, 5.74) is 2.54. The topological polar surface area (TPSA) is 63.8 Å². The molecule has 1 amide bonds. The average Bonchev–Trinajstić information content (AvgIpc) is 2.91. The number of ether oxygens (including phenoxy) is 1. The van der Waals surface area contributed by atoms with Gasteiger partial charge in [0.2, 0.25) is 0 Å². The number of rotatable bonds is 4. The minimum atomic E-state index is -0.492. The van der Waals surface area contributed by atoms with Crippen molar-refractivity contribution in [2.75, 3.05) is 7.11 Å². The number of benzene rings is 1. The highest BCUT2D eigenvalue weighted by molar-refractivity contribution is 6.36. The van der Waals surface area contributed by atoms with Crippen LogP contribution in [0, 0.1) is 0 Å². The van der Waals surface area contributed by atoms with E-state index in [1.165, 1.54) is 31.7 Å². The van der Waals surface area contributed by atoms with Crippen molar-refractivity contribution in [3.63, 3.8) is 0 Å². The molecule has 0 aliphatic heterocycles. The molecule has 20 heavy (non-hydrogen) atoms. The van der Waals surface area contributed by atoms with Crippen molar-refractivity contribution in [2.24, 2.45) is 5.10 Å². The number of carbonyl (C=O) groups is 1. The number of hydrogen-bond acceptors (Lipinski definition) is 4. The molecule has 2 rings (SSSR count). The fraction of sp³-hybridized carbons (Fsp3) is 0.0769. The van der Waals surface area contributed by atoms with Crippen LogP contribution in [0.1, 0.15) is 16.1 Å². The number of halogens is 2. The quantitative estimate of drug-likeness (QED) is 0.695. The summed E-state index contributed by atoms with van der Waals surface area (Å²) in [7, 11) is 1.41. The summed E-state index contributed by atoms with van der Waals surface area (Å²) >= 11 is 11.8. The van der Waals surface area contributed by atoms with Crippen LogP contribution in [0.2, 0.25) is 10.0 Å². The molecule has 7 heteroatoms. The number of nitrogens with zero attached hydrogens (tertiary/aromatic N) is 1. The van der Waals surface area contributed by atoms with E-state index < -0.39 is 5.91 Å². The summed E-state index contributed by atoms with van der Waals surface area (Å²) < 4.78 is 10.1. The van der Waals surface area contributed by atoms with Gasteiger partial charge in [0.05, 0.1) is 30.2 Å². The Hall–Kier alpha value is -1.98. The Morgan fingerprint density at radius 3 is 2.90 bits per heavy atom. The predicted octanol–water partition coefficient (Wildman–Crippen LogP) is 3.36. The number of carbonyl (C=O) groups excluding carboxylic acids is 1. The largest absolute Gasteiger partial charge is 0.494 e. The van der Waals surface area contributed by atoms with Crippen LogP contribution in [0.4, 0.5) is 0 Å². The molecule has 0 bridgehead atoms. The smallest absolute Gasteiger partial charge is 0.275 e. The van der Waals surface area contributed by atoms with Gasteiger partial charge in [-0.25, -0.2) is 5.43 Å². The Morgan fingerprint density at radius 2 is 2.25 bits per heavy atom. The summed E-state index contributed by atoms with van der Waals surface area (Å²) in [6, 6.07) is 6.35. The van der Waals surface area contributed by atoms with Crippen LogP contribution in [-0.4, -0.2) is 19.2 Å². The SMILES string of the molecule is COc1c(Cl)cc(Cl)cc1C(=O)NN=Cc1ccco1. The monoisotopic (exact) mass is 312 g/mol. The van der Waals surface area contributed by atoms with E-state index in [1.807, 2.05) is 0 Å². The molecule has 0 atom stereocenters. The van der Waals surface area contributed by atoms with Gasteiger partial charge in [0.25, 0.3) is 5.91 Å². The van der Waals surface area contributed by atoms with E-state index >= 15 is 0 Å². The molecule has 0 spiro atoms. The van der Waals surface area contributed by atoms with E-state index in [9.17, 15) is 4.79 Å². The van der Waals surface area contributed by atoms with Gasteiger partial charge >= 0.3 is 0 Å². The van der Waals surface area contributed by atoms with Crippen LogP contribution < -0.4 is 10.2 Å². The highest BCUT2D eigenvalue weighted by atomic mass is 35.5. The van der Waals surface area contributed by atoms with Gasteiger partial charge in [-0.05, 0) is 24.3 Å². The van der Waals surface area contributed by atoms with Crippen LogP contribution in [0.25, 0.3) is 0 Å². The molecule has 2 aromatic rings. The summed E-state index contributed by atoms with van der Waals surface area (Å²) in [5.74, 6) is 0.261. The molecule has 0 fully saturated rings. The maximum absolute atomic E-state index is 12.0. The molecular formula is C13H10Cl2N2O3. The number of nitrogens with one attached hydrogen (secondary N) is 1. The highest BCUT2D eigenvalue weighted by Gasteiger charge is 2.16. The molecule has 1 aromatic carbocycles. The first kappa shape index (κ1) is 14.4. The van der Waals surface area contributed by atoms with Crippen molar-refractivity contribution in [3.8, 4) is 5.75 Å². The molecule has 0 radical (unpaired) electrons. The van der Waals surface area contributed by atoms with E-state index in [0.29, 0.717) is 10.8 Å². The van der Waals surface area contributed by atoms with Gasteiger partial charge in [-0.15, -0.1) is 0 Å². The first-order valence-electron chi connectivity index (χ1n) is 5.51. The molecular weight excluding hydrogens is 303 g/mol. The lowest BCUT2D eigenvalue weighted by atomic mass is 10.2. The average molecular weight is 313 g/mol. The lowest BCUT2D eigenvalue weighted by Gasteiger charge is -2.09. The number of hydrazone groups is 1. The van der Waals surface area contributed by atoms with Gasteiger partial charge in [-0.2, -0.15) is 5.10 Å². The first-order chi connectivity index (χ1) is 9.61. The summed E-state index contributed by atoms with van der Waals surface area (Å²) in [4.78, 5) is 12.0. The van der Waals surface area contributed by atoms with Crippen molar-refractivity contribution in [1.82, 2.24) is 5.43 Å². The standard InChI is InChI=1S/C13H10Cl2N2O3/c1-19-12-10(5-8(14)6-11(12)15)13(18)17-16-7-9-3-2-4-20-9/h2-7H,1H3,(H,17,18). The van der Waals surface area contributed by atoms with E-state index in [4.69, 9.17) is 32.4 Å². The first-order valence-corrected chi connectivity index (χ1v) is 6.27. The summed E-state index contributed by atoms with van der Waals surface area (Å²) in [6.07, 6.45) is 2.87. The zero-order valence-corrected chi connectivity index (χ0v) is 11.9. The second-order valence-corrected chi connectivity index (χ2v) is 4.53. The molecule has 0 saturated heterocycles. The number of hydrogen-bond donors (Lipinski definition) is 1. The van der Waals surface area contributed by atoms with Crippen LogP contribution in [-0.2, 0) is 0 Å². The molecule has 0 aliphatic rings. The molecule has 1 N–H and O–H groups in total. The van der Waals surface area contributed by atoms with Crippen molar-refractivity contribution >= 4 is 35.3 Å². The van der Waals surface area contributed by atoms with Crippen molar-refractivity contribution in [3.05, 3.63) is 51.9 Å². The Bertz CT molecular complexity index is 639. The van der Waals surface area contributed by atoms with Gasteiger partial charge in [-0.1, -0.05) is 23.2 Å². The van der Waals surface area contributed by atoms with E-state index in [-0.39, 0.29) is 16.3 Å². The fourth-order valence-electron chi connectivity index (χ4n) is 1.52. The highest BCUT2D eigenvalue weighted by Crippen LogP contribution is 2.32. The minimum Gasteiger partial charge on any atom is -0.494 e. The maximum atomic E-state index is 12.0. The van der Waals surface area contributed by atoms with Gasteiger partial charge in [0, 0.05) is 5.02 Å². The lowest BCUT2D eigenvalue weighted by molar-refractivity contribution is 0.0952. The van der Waals surface area contributed by atoms with Crippen molar-refractivity contribution in [1.29, 1.82) is 0 Å². The molecule has 0 saturated carbocycles. The molecule has 0 aliphatic carbocycles. The summed E-state index contributed by atoms with van der Waals surface area (Å²) in [5, 5.41) is 4.34. The predicted molar refractivity (Wildman–Crippen MR) is 76.8 cm³/mol. The third-order valence-corrected chi connectivity index (χ3v) is 2.86. The van der Waals surface area contributed by atoms with Crippen LogP contribution >= 0.6 is 23.2 Å². The normalized spacial score (nSPS) is 10.8. The second-order valence-electron chi connectivity index (χ2n) is 3.68. The maximum Gasteiger partial charge on any atom is 0.275 e. The van der Waals surface area contributed by atoms with Crippen molar-refractivity contribution in [2.45, 2.75) is 0 Å². The lowest BCUT2D eigenvalue weighted by Crippen LogP contribution is -2.18. The summed E-state index contributed by atoms with van der Waals surface area (Å²) in [6.45, 7) is 0. The fourth-order valence-corrected chi connectivity index (χ4v) is 2.09. The Kier molecular flexibility index (Phi) is 4.65. The van der Waals surface area contributed by atoms with E-state index in [0.717, 1.165) is 0 Å². The molecule has 104 valence electrons. The van der Waals surface area contributed by atoms with Crippen LogP contribution in [0.3, 0.4) is 0 Å². The molecule has 5 nitrogen and oxygen atoms in total. The number of methoxy groups -OCH3 is 1. The van der Waals surface area contributed by atoms with E-state index in [1.54, 1.807) is 12.1 Å². The molecule has 1 heterocycles. The molecule has 0 unspecified atom stereocenters. The second kappa shape index (κ2) is 6.45. The Labute approximate surface area is 125 Å². The molecule has 1 aromatic heterocycles. The number of furan rings is 1.